The van der Waals surface area contributed by atoms with Gasteiger partial charge in [0.05, 0.1) is 5.69 Å². The van der Waals surface area contributed by atoms with E-state index in [1.165, 1.54) is 0 Å². The molecule has 7 rings (SSSR count). The van der Waals surface area contributed by atoms with Gasteiger partial charge in [0, 0.05) is 23.7 Å². The van der Waals surface area contributed by atoms with Crippen LogP contribution in [0, 0.1) is 0 Å². The zero-order chi connectivity index (χ0) is 23.2. The van der Waals surface area contributed by atoms with Gasteiger partial charge < -0.3 is 29.6 Å². The third-order valence-corrected chi connectivity index (χ3v) is 6.37. The van der Waals surface area contributed by atoms with Crippen LogP contribution in [0.5, 0.6) is 23.0 Å². The Morgan fingerprint density at radius 2 is 1.69 bits per heavy atom. The van der Waals surface area contributed by atoms with Gasteiger partial charge in [-0.25, -0.2) is 4.98 Å². The second-order valence-corrected chi connectivity index (χ2v) is 8.68. The summed E-state index contributed by atoms with van der Waals surface area (Å²) in [5, 5.41) is 10.8. The van der Waals surface area contributed by atoms with E-state index < -0.39 is 0 Å². The molecule has 0 saturated carbocycles. The highest BCUT2D eigenvalue weighted by atomic mass is 32.1. The van der Waals surface area contributed by atoms with Crippen LogP contribution in [0.4, 0.5) is 17.5 Å². The third-order valence-electron chi connectivity index (χ3n) is 5.70. The number of rotatable bonds is 6. The topological polar surface area (TPSA) is 105 Å². The second-order valence-electron chi connectivity index (χ2n) is 7.90. The molecule has 11 heteroatoms. The van der Waals surface area contributed by atoms with Crippen molar-refractivity contribution >= 4 is 40.0 Å². The molecule has 2 aliphatic rings. The molecular formula is C24H18N6O4S. The lowest BCUT2D eigenvalue weighted by atomic mass is 10.2. The number of hydrogen-bond acceptors (Lipinski definition) is 10. The fourth-order valence-electron chi connectivity index (χ4n) is 3.99. The average molecular weight is 487 g/mol. The number of thiophene rings is 1. The smallest absolute Gasteiger partial charge is 0.231 e. The Labute approximate surface area is 203 Å². The van der Waals surface area contributed by atoms with Crippen molar-refractivity contribution in [2.75, 3.05) is 24.2 Å². The molecule has 0 fully saturated rings. The molecule has 0 saturated heterocycles. The quantitative estimate of drug-likeness (QED) is 0.354. The lowest BCUT2D eigenvalue weighted by Crippen LogP contribution is -2.07. The highest BCUT2D eigenvalue weighted by Crippen LogP contribution is 2.36. The first kappa shape index (κ1) is 19.9. The molecule has 0 aliphatic carbocycles. The largest absolute Gasteiger partial charge is 0.454 e. The van der Waals surface area contributed by atoms with E-state index >= 15 is 0 Å². The molecule has 174 valence electrons. The Morgan fingerprint density at radius 3 is 2.51 bits per heavy atom. The maximum absolute atomic E-state index is 5.52. The van der Waals surface area contributed by atoms with Crippen LogP contribution >= 0.6 is 11.3 Å². The number of hydrogen-bond donors (Lipinski definition) is 2. The molecule has 0 spiro atoms. The molecule has 5 aromatic rings. The maximum atomic E-state index is 5.52. The maximum Gasteiger partial charge on any atom is 0.231 e. The van der Waals surface area contributed by atoms with Gasteiger partial charge in [0.15, 0.2) is 40.0 Å². The minimum absolute atomic E-state index is 0.218. The van der Waals surface area contributed by atoms with Gasteiger partial charge in [-0.1, -0.05) is 6.07 Å². The van der Waals surface area contributed by atoms with Crippen LogP contribution in [0.1, 0.15) is 5.56 Å². The number of nitrogens with one attached hydrogen (secondary N) is 2. The van der Waals surface area contributed by atoms with E-state index in [-0.39, 0.29) is 13.6 Å². The molecule has 2 N–H and O–H groups in total. The highest BCUT2D eigenvalue weighted by molar-refractivity contribution is 7.08. The van der Waals surface area contributed by atoms with E-state index in [9.17, 15) is 0 Å². The standard InChI is InChI=1S/C24H18N6O4S/c1-3-17-19(33-12-31-17)7-14(1)9-25-24-28-22(27-15-2-4-18-20(8-15)34-13-32-18)21-23(29-24)30(11-26-21)16-5-6-35-10-16/h1-8,10-11H,9,12-13H2,(H2,25,27,28,29). The van der Waals surface area contributed by atoms with Crippen molar-refractivity contribution in [2.45, 2.75) is 6.54 Å². The summed E-state index contributed by atoms with van der Waals surface area (Å²) in [6.45, 7) is 0.973. The fraction of sp³-hybridized carbons (Fsp3) is 0.125. The SMILES string of the molecule is c1cc(-n2cnc3c(Nc4ccc5c(c4)OCO5)nc(NCc4ccc5c(c4)OCO5)nc32)cs1. The van der Waals surface area contributed by atoms with Crippen molar-refractivity contribution in [3.8, 4) is 28.7 Å². The molecule has 0 amide bonds. The van der Waals surface area contributed by atoms with Crippen LogP contribution in [-0.2, 0) is 6.54 Å². The summed E-state index contributed by atoms with van der Waals surface area (Å²) in [7, 11) is 0. The van der Waals surface area contributed by atoms with Crippen molar-refractivity contribution in [1.82, 2.24) is 19.5 Å². The summed E-state index contributed by atoms with van der Waals surface area (Å²) in [5.74, 6) is 3.94. The monoisotopic (exact) mass is 486 g/mol. The number of nitrogens with zero attached hydrogens (tertiary/aromatic N) is 4. The zero-order valence-electron chi connectivity index (χ0n) is 18.2. The van der Waals surface area contributed by atoms with Gasteiger partial charge in [0.25, 0.3) is 0 Å². The van der Waals surface area contributed by atoms with Crippen LogP contribution in [0.25, 0.3) is 16.9 Å². The molecule has 2 aromatic carbocycles. The summed E-state index contributed by atoms with van der Waals surface area (Å²) in [6, 6.07) is 13.5. The lowest BCUT2D eigenvalue weighted by Gasteiger charge is -2.11. The van der Waals surface area contributed by atoms with E-state index in [1.807, 2.05) is 57.8 Å². The third kappa shape index (κ3) is 3.62. The van der Waals surface area contributed by atoms with Crippen molar-refractivity contribution in [3.05, 3.63) is 65.1 Å². The van der Waals surface area contributed by atoms with Gasteiger partial charge >= 0.3 is 0 Å². The zero-order valence-corrected chi connectivity index (χ0v) is 19.0. The predicted molar refractivity (Wildman–Crippen MR) is 130 cm³/mol. The van der Waals surface area contributed by atoms with Gasteiger partial charge in [0.1, 0.15) is 6.33 Å². The van der Waals surface area contributed by atoms with Crippen LogP contribution in [0.3, 0.4) is 0 Å². The van der Waals surface area contributed by atoms with Gasteiger partial charge in [-0.05, 0) is 41.3 Å². The Kier molecular flexibility index (Phi) is 4.59. The Morgan fingerprint density at radius 1 is 0.886 bits per heavy atom. The van der Waals surface area contributed by atoms with Crippen LogP contribution in [-0.4, -0.2) is 33.1 Å². The van der Waals surface area contributed by atoms with Gasteiger partial charge in [-0.3, -0.25) is 4.57 Å². The van der Waals surface area contributed by atoms with E-state index in [0.717, 1.165) is 34.2 Å². The summed E-state index contributed by atoms with van der Waals surface area (Å²) >= 11 is 1.61. The van der Waals surface area contributed by atoms with E-state index in [2.05, 4.69) is 15.6 Å². The first-order valence-electron chi connectivity index (χ1n) is 10.9. The van der Waals surface area contributed by atoms with Crippen LogP contribution < -0.4 is 29.6 Å². The van der Waals surface area contributed by atoms with Gasteiger partial charge in [-0.15, -0.1) is 0 Å². The molecule has 10 nitrogen and oxygen atoms in total. The molecular weight excluding hydrogens is 468 g/mol. The van der Waals surface area contributed by atoms with E-state index in [0.29, 0.717) is 35.2 Å². The Balaban J connectivity index is 1.25. The molecule has 35 heavy (non-hydrogen) atoms. The summed E-state index contributed by atoms with van der Waals surface area (Å²) in [6.07, 6.45) is 1.76. The summed E-state index contributed by atoms with van der Waals surface area (Å²) in [4.78, 5) is 14.1. The molecule has 2 aliphatic heterocycles. The molecule has 5 heterocycles. The molecule has 0 bridgehead atoms. The summed E-state index contributed by atoms with van der Waals surface area (Å²) < 4.78 is 23.8. The molecule has 0 radical (unpaired) electrons. The van der Waals surface area contributed by atoms with Crippen molar-refractivity contribution in [3.63, 3.8) is 0 Å². The normalized spacial score (nSPS) is 13.4. The molecule has 0 atom stereocenters. The van der Waals surface area contributed by atoms with Gasteiger partial charge in [-0.2, -0.15) is 21.3 Å². The number of anilines is 3. The van der Waals surface area contributed by atoms with E-state index in [1.54, 1.807) is 17.7 Å². The average Bonchev–Trinajstić information content (AvgIpc) is 3.68. The first-order chi connectivity index (χ1) is 17.3. The molecule has 3 aromatic heterocycles. The second kappa shape index (κ2) is 8.06. The van der Waals surface area contributed by atoms with Crippen molar-refractivity contribution in [2.24, 2.45) is 0 Å². The van der Waals surface area contributed by atoms with Gasteiger partial charge in [0.2, 0.25) is 19.5 Å². The number of fused-ring (bicyclic) bond motifs is 3. The van der Waals surface area contributed by atoms with E-state index in [4.69, 9.17) is 28.9 Å². The highest BCUT2D eigenvalue weighted by Gasteiger charge is 2.18. The lowest BCUT2D eigenvalue weighted by molar-refractivity contribution is 0.173. The number of ether oxygens (including phenoxy) is 4. The Hall–Kier alpha value is -4.51. The minimum Gasteiger partial charge on any atom is -0.454 e. The Bertz CT molecular complexity index is 1550. The number of aromatic nitrogens is 4. The van der Waals surface area contributed by atoms with Crippen LogP contribution in [0.15, 0.2) is 59.6 Å². The minimum atomic E-state index is 0.218. The summed E-state index contributed by atoms with van der Waals surface area (Å²) in [5.41, 5.74) is 4.17. The number of benzene rings is 2. The fourth-order valence-corrected chi connectivity index (χ4v) is 4.62. The first-order valence-corrected chi connectivity index (χ1v) is 11.8. The van der Waals surface area contributed by atoms with Crippen molar-refractivity contribution in [1.29, 1.82) is 0 Å². The van der Waals surface area contributed by atoms with Crippen LogP contribution in [0.2, 0.25) is 0 Å². The van der Waals surface area contributed by atoms with Crippen molar-refractivity contribution < 1.29 is 18.9 Å². The molecule has 0 unspecified atom stereocenters. The number of imidazole rings is 1. The predicted octanol–water partition coefficient (Wildman–Crippen LogP) is 4.69.